The van der Waals surface area contributed by atoms with Crippen LogP contribution in [0.5, 0.6) is 5.75 Å². The number of carbonyl (C=O) groups excluding carboxylic acids is 1. The van der Waals surface area contributed by atoms with Crippen molar-refractivity contribution in [3.63, 3.8) is 0 Å². The first-order valence-electron chi connectivity index (χ1n) is 8.55. The lowest BCUT2D eigenvalue weighted by Gasteiger charge is -2.09. The zero-order valence-electron chi connectivity index (χ0n) is 15.2. The molecule has 0 saturated carbocycles. The summed E-state index contributed by atoms with van der Waals surface area (Å²) in [7, 11) is 1.63. The molecule has 0 aliphatic carbocycles. The minimum Gasteiger partial charge on any atom is -0.497 e. The molecule has 0 spiro atoms. The molecule has 2 aromatic carbocycles. The molecule has 0 aliphatic heterocycles. The number of ether oxygens (including phenoxy) is 2. The van der Waals surface area contributed by atoms with Crippen molar-refractivity contribution in [3.05, 3.63) is 71.4 Å². The Bertz CT molecular complexity index is 881. The van der Waals surface area contributed by atoms with Crippen LogP contribution in [0, 0.1) is 6.92 Å². The predicted molar refractivity (Wildman–Crippen MR) is 100 cm³/mol. The molecule has 3 rings (SSSR count). The van der Waals surface area contributed by atoms with E-state index in [2.05, 4.69) is 36.3 Å². The van der Waals surface area contributed by atoms with Crippen LogP contribution >= 0.6 is 0 Å². The topological polar surface area (TPSA) is 53.4 Å². The normalized spacial score (nSPS) is 10.6. The van der Waals surface area contributed by atoms with Crippen LogP contribution in [0.15, 0.2) is 54.6 Å². The fraction of sp³-hybridized carbons (Fsp3) is 0.238. The summed E-state index contributed by atoms with van der Waals surface area (Å²) in [6.07, 6.45) is 0. The summed E-state index contributed by atoms with van der Waals surface area (Å²) in [5.74, 6) is 0.369. The van der Waals surface area contributed by atoms with Gasteiger partial charge in [0.2, 0.25) is 0 Å². The second kappa shape index (κ2) is 7.87. The lowest BCUT2D eigenvalue weighted by atomic mass is 10.1. The van der Waals surface area contributed by atoms with Gasteiger partial charge in [-0.15, -0.1) is 0 Å². The largest absolute Gasteiger partial charge is 0.497 e. The Morgan fingerprint density at radius 1 is 1.08 bits per heavy atom. The van der Waals surface area contributed by atoms with Crippen molar-refractivity contribution in [2.75, 3.05) is 13.7 Å². The van der Waals surface area contributed by atoms with Crippen molar-refractivity contribution >= 4 is 5.97 Å². The quantitative estimate of drug-likeness (QED) is 0.628. The molecule has 1 heterocycles. The fourth-order valence-corrected chi connectivity index (χ4v) is 2.70. The van der Waals surface area contributed by atoms with Crippen LogP contribution in [0.1, 0.15) is 28.5 Å². The maximum Gasteiger partial charge on any atom is 0.358 e. The molecule has 0 unspecified atom stereocenters. The number of esters is 1. The molecule has 5 nitrogen and oxygen atoms in total. The number of hydrogen-bond acceptors (Lipinski definition) is 4. The molecular formula is C21H22N2O3. The van der Waals surface area contributed by atoms with E-state index in [0.717, 1.165) is 22.6 Å². The summed E-state index contributed by atoms with van der Waals surface area (Å²) in [6, 6.07) is 17.7. The van der Waals surface area contributed by atoms with Gasteiger partial charge in [-0.1, -0.05) is 29.8 Å². The molecular weight excluding hydrogens is 328 g/mol. The van der Waals surface area contributed by atoms with Gasteiger partial charge in [0, 0.05) is 5.56 Å². The number of methoxy groups -OCH3 is 1. The Morgan fingerprint density at radius 3 is 2.38 bits per heavy atom. The maximum absolute atomic E-state index is 12.1. The molecule has 5 heteroatoms. The summed E-state index contributed by atoms with van der Waals surface area (Å²) in [5.41, 5.74) is 4.45. The average molecular weight is 350 g/mol. The zero-order chi connectivity index (χ0) is 18.5. The van der Waals surface area contributed by atoms with E-state index >= 15 is 0 Å². The number of nitrogens with zero attached hydrogens (tertiary/aromatic N) is 2. The molecule has 3 aromatic rings. The van der Waals surface area contributed by atoms with Crippen LogP contribution in [0.2, 0.25) is 0 Å². The fourth-order valence-electron chi connectivity index (χ4n) is 2.70. The highest BCUT2D eigenvalue weighted by Gasteiger charge is 2.17. The van der Waals surface area contributed by atoms with Crippen molar-refractivity contribution in [1.29, 1.82) is 0 Å². The Kier molecular flexibility index (Phi) is 5.37. The van der Waals surface area contributed by atoms with E-state index in [1.807, 2.05) is 28.9 Å². The first-order chi connectivity index (χ1) is 12.6. The smallest absolute Gasteiger partial charge is 0.358 e. The van der Waals surface area contributed by atoms with Gasteiger partial charge in [0.25, 0.3) is 0 Å². The first kappa shape index (κ1) is 17.7. The highest BCUT2D eigenvalue weighted by atomic mass is 16.5. The van der Waals surface area contributed by atoms with Crippen molar-refractivity contribution < 1.29 is 14.3 Å². The van der Waals surface area contributed by atoms with Gasteiger partial charge in [-0.05, 0) is 49.7 Å². The lowest BCUT2D eigenvalue weighted by molar-refractivity contribution is 0.0518. The number of rotatable bonds is 6. The highest BCUT2D eigenvalue weighted by Crippen LogP contribution is 2.24. The average Bonchev–Trinajstić information content (AvgIpc) is 3.08. The van der Waals surface area contributed by atoms with E-state index in [0.29, 0.717) is 18.8 Å². The third-order valence-corrected chi connectivity index (χ3v) is 4.10. The van der Waals surface area contributed by atoms with E-state index < -0.39 is 5.97 Å². The van der Waals surface area contributed by atoms with E-state index in [-0.39, 0.29) is 0 Å². The van der Waals surface area contributed by atoms with Crippen LogP contribution in [-0.2, 0) is 11.3 Å². The van der Waals surface area contributed by atoms with E-state index in [1.165, 1.54) is 5.56 Å². The summed E-state index contributed by atoms with van der Waals surface area (Å²) in [6.45, 7) is 4.73. The number of benzene rings is 2. The Balaban J connectivity index is 1.99. The summed E-state index contributed by atoms with van der Waals surface area (Å²) < 4.78 is 12.2. The van der Waals surface area contributed by atoms with Gasteiger partial charge in [-0.3, -0.25) is 4.68 Å². The van der Waals surface area contributed by atoms with Crippen LogP contribution in [0.25, 0.3) is 11.3 Å². The van der Waals surface area contributed by atoms with Crippen LogP contribution in [0.3, 0.4) is 0 Å². The molecule has 0 N–H and O–H groups in total. The number of hydrogen-bond donors (Lipinski definition) is 0. The van der Waals surface area contributed by atoms with Gasteiger partial charge < -0.3 is 9.47 Å². The Labute approximate surface area is 153 Å². The van der Waals surface area contributed by atoms with Crippen LogP contribution in [0.4, 0.5) is 0 Å². The van der Waals surface area contributed by atoms with Crippen molar-refractivity contribution in [1.82, 2.24) is 9.78 Å². The van der Waals surface area contributed by atoms with Gasteiger partial charge in [0.15, 0.2) is 5.69 Å². The zero-order valence-corrected chi connectivity index (χ0v) is 15.2. The second-order valence-electron chi connectivity index (χ2n) is 6.01. The first-order valence-corrected chi connectivity index (χ1v) is 8.55. The van der Waals surface area contributed by atoms with E-state index in [9.17, 15) is 4.79 Å². The molecule has 0 radical (unpaired) electrons. The van der Waals surface area contributed by atoms with Gasteiger partial charge in [0.05, 0.1) is 26.0 Å². The minimum absolute atomic E-state index is 0.310. The number of aromatic nitrogens is 2. The molecule has 0 amide bonds. The molecule has 26 heavy (non-hydrogen) atoms. The molecule has 0 saturated heterocycles. The van der Waals surface area contributed by atoms with Crippen molar-refractivity contribution in [2.45, 2.75) is 20.4 Å². The van der Waals surface area contributed by atoms with Crippen molar-refractivity contribution in [2.24, 2.45) is 0 Å². The third kappa shape index (κ3) is 3.94. The van der Waals surface area contributed by atoms with Crippen LogP contribution < -0.4 is 4.74 Å². The maximum atomic E-state index is 12.1. The van der Waals surface area contributed by atoms with Gasteiger partial charge >= 0.3 is 5.97 Å². The molecule has 0 fully saturated rings. The monoisotopic (exact) mass is 350 g/mol. The van der Waals surface area contributed by atoms with Gasteiger partial charge in [-0.25, -0.2) is 4.79 Å². The SMILES string of the molecule is CCOC(=O)c1cc(-c2ccc(OC)cc2)n(Cc2ccc(C)cc2)n1. The van der Waals surface area contributed by atoms with E-state index in [4.69, 9.17) is 9.47 Å². The highest BCUT2D eigenvalue weighted by molar-refractivity contribution is 5.88. The molecule has 0 atom stereocenters. The summed E-state index contributed by atoms with van der Waals surface area (Å²) in [4.78, 5) is 12.1. The Hall–Kier alpha value is -3.08. The standard InChI is InChI=1S/C21H22N2O3/c1-4-26-21(24)19-13-20(17-9-11-18(25-3)12-10-17)23(22-19)14-16-7-5-15(2)6-8-16/h5-13H,4,14H2,1-3H3. The van der Waals surface area contributed by atoms with Crippen molar-refractivity contribution in [3.8, 4) is 17.0 Å². The molecule has 0 bridgehead atoms. The lowest BCUT2D eigenvalue weighted by Crippen LogP contribution is -2.08. The number of carbonyl (C=O) groups is 1. The predicted octanol–water partition coefficient (Wildman–Crippen LogP) is 4.09. The summed E-state index contributed by atoms with van der Waals surface area (Å²) >= 11 is 0. The molecule has 0 aliphatic rings. The number of aryl methyl sites for hydroxylation is 1. The molecule has 134 valence electrons. The van der Waals surface area contributed by atoms with Gasteiger partial charge in [0.1, 0.15) is 5.75 Å². The van der Waals surface area contributed by atoms with Crippen LogP contribution in [-0.4, -0.2) is 29.5 Å². The Morgan fingerprint density at radius 2 is 1.77 bits per heavy atom. The van der Waals surface area contributed by atoms with E-state index in [1.54, 1.807) is 20.1 Å². The molecule has 1 aromatic heterocycles. The van der Waals surface area contributed by atoms with Gasteiger partial charge in [-0.2, -0.15) is 5.10 Å². The minimum atomic E-state index is -0.412. The second-order valence-corrected chi connectivity index (χ2v) is 6.01. The third-order valence-electron chi connectivity index (χ3n) is 4.10. The summed E-state index contributed by atoms with van der Waals surface area (Å²) in [5, 5.41) is 4.48.